The lowest BCUT2D eigenvalue weighted by Gasteiger charge is -2.20. The summed E-state index contributed by atoms with van der Waals surface area (Å²) in [4.78, 5) is 4.62. The molecule has 0 bridgehead atoms. The molecule has 3 rings (SSSR count). The first-order chi connectivity index (χ1) is 9.55. The number of imidazole rings is 1. The second-order valence-corrected chi connectivity index (χ2v) is 7.29. The average Bonchev–Trinajstić information content (AvgIpc) is 3.02. The number of sulfonamides is 1. The average molecular weight is 311 g/mol. The molecule has 0 amide bonds. The molecule has 7 nitrogen and oxygen atoms in total. The summed E-state index contributed by atoms with van der Waals surface area (Å²) in [5.74, 6) is 0.0134. The van der Waals surface area contributed by atoms with Gasteiger partial charge in [0.1, 0.15) is 0 Å². The van der Waals surface area contributed by atoms with Crippen molar-refractivity contribution in [3.63, 3.8) is 0 Å². The summed E-state index contributed by atoms with van der Waals surface area (Å²) in [5.41, 5.74) is 5.77. The first-order valence-electron chi connectivity index (χ1n) is 6.15. The predicted molar refractivity (Wildman–Crippen MR) is 74.6 cm³/mol. The van der Waals surface area contributed by atoms with Crippen LogP contribution in [0, 0.1) is 11.3 Å². The van der Waals surface area contributed by atoms with Crippen LogP contribution < -0.4 is 5.73 Å². The Morgan fingerprint density at radius 2 is 2.35 bits per heavy atom. The Kier molecular flexibility index (Phi) is 3.16. The minimum absolute atomic E-state index is 0.0126. The van der Waals surface area contributed by atoms with Gasteiger partial charge in [-0.25, -0.2) is 13.4 Å². The molecule has 0 unspecified atom stereocenters. The van der Waals surface area contributed by atoms with Crippen molar-refractivity contribution in [2.45, 2.75) is 30.3 Å². The van der Waals surface area contributed by atoms with E-state index in [9.17, 15) is 8.42 Å². The van der Waals surface area contributed by atoms with Gasteiger partial charge in [-0.1, -0.05) is 0 Å². The highest BCUT2D eigenvalue weighted by Gasteiger charge is 2.40. The normalized spacial score (nSPS) is 15.8. The maximum atomic E-state index is 12.8. The van der Waals surface area contributed by atoms with Crippen molar-refractivity contribution >= 4 is 32.1 Å². The van der Waals surface area contributed by atoms with Crippen molar-refractivity contribution in [1.82, 2.24) is 13.7 Å². The number of hydrogen-bond acceptors (Lipinski definition) is 6. The molecule has 0 radical (unpaired) electrons. The van der Waals surface area contributed by atoms with Crippen molar-refractivity contribution in [2.24, 2.45) is 0 Å². The fourth-order valence-corrected chi connectivity index (χ4v) is 4.81. The van der Waals surface area contributed by atoms with E-state index < -0.39 is 10.0 Å². The molecule has 0 aromatic carbocycles. The number of anilines is 1. The Bertz CT molecular complexity index is 781. The van der Waals surface area contributed by atoms with E-state index in [0.29, 0.717) is 4.96 Å². The third kappa shape index (κ3) is 2.06. The summed E-state index contributed by atoms with van der Waals surface area (Å²) in [6, 6.07) is 1.97. The molecule has 0 atom stereocenters. The molecule has 0 saturated heterocycles. The number of thiazole rings is 1. The Labute approximate surface area is 120 Å². The van der Waals surface area contributed by atoms with Crippen LogP contribution in [-0.2, 0) is 10.0 Å². The molecule has 106 valence electrons. The fraction of sp³-hybridized carbons (Fsp3) is 0.455. The van der Waals surface area contributed by atoms with Crippen molar-refractivity contribution in [2.75, 3.05) is 12.3 Å². The van der Waals surface area contributed by atoms with E-state index in [1.165, 1.54) is 20.0 Å². The van der Waals surface area contributed by atoms with Crippen molar-refractivity contribution in [1.29, 1.82) is 5.26 Å². The fourth-order valence-electron chi connectivity index (χ4n) is 2.17. The Hall–Kier alpha value is -1.63. The zero-order valence-electron chi connectivity index (χ0n) is 10.6. The van der Waals surface area contributed by atoms with Gasteiger partial charge in [0.25, 0.3) is 10.0 Å². The topological polar surface area (TPSA) is 104 Å². The molecule has 2 aromatic heterocycles. The van der Waals surface area contributed by atoms with E-state index in [1.807, 2.05) is 6.07 Å². The van der Waals surface area contributed by atoms with Crippen LogP contribution in [0.25, 0.3) is 4.96 Å². The summed E-state index contributed by atoms with van der Waals surface area (Å²) >= 11 is 1.33. The molecule has 1 aliphatic rings. The van der Waals surface area contributed by atoms with Crippen LogP contribution in [0.2, 0.25) is 0 Å². The minimum atomic E-state index is -3.73. The maximum absolute atomic E-state index is 12.8. The van der Waals surface area contributed by atoms with E-state index in [2.05, 4.69) is 4.98 Å². The van der Waals surface area contributed by atoms with Gasteiger partial charge in [0.05, 0.1) is 6.07 Å². The van der Waals surface area contributed by atoms with Crippen LogP contribution in [0.4, 0.5) is 5.82 Å². The molecule has 1 aliphatic carbocycles. The number of hydrogen-bond donors (Lipinski definition) is 1. The van der Waals surface area contributed by atoms with Crippen LogP contribution in [0.3, 0.4) is 0 Å². The van der Waals surface area contributed by atoms with Crippen LogP contribution in [-0.4, -0.2) is 34.7 Å². The smallest absolute Gasteiger partial charge is 0.263 e. The summed E-state index contributed by atoms with van der Waals surface area (Å²) in [7, 11) is -3.73. The molecule has 9 heteroatoms. The molecule has 2 N–H and O–H groups in total. The molecular formula is C11H13N5O2S2. The third-order valence-electron chi connectivity index (χ3n) is 3.19. The largest absolute Gasteiger partial charge is 0.381 e. The van der Waals surface area contributed by atoms with E-state index in [-0.39, 0.29) is 29.9 Å². The highest BCUT2D eigenvalue weighted by molar-refractivity contribution is 7.89. The third-order valence-corrected chi connectivity index (χ3v) is 5.94. The second kappa shape index (κ2) is 4.73. The highest BCUT2D eigenvalue weighted by atomic mass is 32.2. The Balaban J connectivity index is 2.07. The second-order valence-electron chi connectivity index (χ2n) is 4.61. The molecule has 0 spiro atoms. The Morgan fingerprint density at radius 1 is 1.60 bits per heavy atom. The van der Waals surface area contributed by atoms with Crippen LogP contribution in [0.1, 0.15) is 19.3 Å². The zero-order valence-corrected chi connectivity index (χ0v) is 12.2. The van der Waals surface area contributed by atoms with Crippen LogP contribution >= 0.6 is 11.3 Å². The first kappa shape index (κ1) is 13.4. The van der Waals surface area contributed by atoms with Crippen molar-refractivity contribution in [3.05, 3.63) is 11.6 Å². The number of fused-ring (bicyclic) bond motifs is 1. The molecule has 20 heavy (non-hydrogen) atoms. The molecule has 2 heterocycles. The van der Waals surface area contributed by atoms with Crippen molar-refractivity contribution < 1.29 is 8.42 Å². The lowest BCUT2D eigenvalue weighted by atomic mass is 10.4. The summed E-state index contributed by atoms with van der Waals surface area (Å²) < 4.78 is 28.5. The lowest BCUT2D eigenvalue weighted by molar-refractivity contribution is 0.408. The molecule has 2 aromatic rings. The van der Waals surface area contributed by atoms with E-state index in [0.717, 1.165) is 12.8 Å². The summed E-state index contributed by atoms with van der Waals surface area (Å²) in [5, 5.41) is 10.5. The number of nitrogens with zero attached hydrogens (tertiary/aromatic N) is 4. The highest BCUT2D eigenvalue weighted by Crippen LogP contribution is 2.34. The van der Waals surface area contributed by atoms with Gasteiger partial charge in [-0.2, -0.15) is 9.57 Å². The predicted octanol–water partition coefficient (Wildman–Crippen LogP) is 1.04. The molecule has 0 aliphatic heterocycles. The number of nitriles is 1. The van der Waals surface area contributed by atoms with Gasteiger partial charge >= 0.3 is 0 Å². The van der Waals surface area contributed by atoms with E-state index in [4.69, 9.17) is 11.0 Å². The first-order valence-corrected chi connectivity index (χ1v) is 8.47. The quantitative estimate of drug-likeness (QED) is 0.888. The summed E-state index contributed by atoms with van der Waals surface area (Å²) in [6.45, 7) is 0.195. The number of nitrogens with two attached hydrogens (primary N) is 1. The maximum Gasteiger partial charge on any atom is 0.263 e. The monoisotopic (exact) mass is 311 g/mol. The number of rotatable bonds is 5. The van der Waals surface area contributed by atoms with Crippen LogP contribution in [0.5, 0.6) is 0 Å². The number of aromatic nitrogens is 2. The van der Waals surface area contributed by atoms with E-state index in [1.54, 1.807) is 11.6 Å². The van der Waals surface area contributed by atoms with Gasteiger partial charge < -0.3 is 5.73 Å². The Morgan fingerprint density at radius 3 is 3.00 bits per heavy atom. The van der Waals surface area contributed by atoms with Gasteiger partial charge in [-0.15, -0.1) is 11.3 Å². The van der Waals surface area contributed by atoms with E-state index >= 15 is 0 Å². The number of nitrogen functional groups attached to an aromatic ring is 1. The lowest BCUT2D eigenvalue weighted by Crippen LogP contribution is -2.35. The minimum Gasteiger partial charge on any atom is -0.381 e. The molecule has 1 fully saturated rings. The molecule has 1 saturated carbocycles. The zero-order chi connectivity index (χ0) is 14.3. The van der Waals surface area contributed by atoms with Gasteiger partial charge in [0, 0.05) is 30.6 Å². The standard InChI is InChI=1S/C11H13N5O2S2/c12-4-1-5-16(8-2-3-8)20(17,18)10-9(13)14-11-15(10)6-7-19-11/h6-8H,1-3,5,13H2. The van der Waals surface area contributed by atoms with Gasteiger partial charge in [-0.3, -0.25) is 4.40 Å². The SMILES string of the molecule is N#CCCN(C1CC1)S(=O)(=O)c1c(N)nc2sccn12. The summed E-state index contributed by atoms with van der Waals surface area (Å²) in [6.07, 6.45) is 3.47. The molecular weight excluding hydrogens is 298 g/mol. The van der Waals surface area contributed by atoms with Gasteiger partial charge in [0.2, 0.25) is 0 Å². The van der Waals surface area contributed by atoms with Crippen molar-refractivity contribution in [3.8, 4) is 6.07 Å². The van der Waals surface area contributed by atoms with Crippen LogP contribution in [0.15, 0.2) is 16.6 Å². The van der Waals surface area contributed by atoms with Gasteiger partial charge in [0.15, 0.2) is 15.8 Å². The van der Waals surface area contributed by atoms with Gasteiger partial charge in [-0.05, 0) is 12.8 Å².